The molecule has 1 amide bonds. The van der Waals surface area contributed by atoms with Crippen LogP contribution in [0.3, 0.4) is 0 Å². The predicted molar refractivity (Wildman–Crippen MR) is 133 cm³/mol. The van der Waals surface area contributed by atoms with E-state index in [0.29, 0.717) is 36.8 Å². The average molecular weight is 506 g/mol. The maximum atomic E-state index is 14.9. The summed E-state index contributed by atoms with van der Waals surface area (Å²) in [4.78, 5) is 30.4. The molecule has 0 aliphatic carbocycles. The van der Waals surface area contributed by atoms with Crippen molar-refractivity contribution in [2.24, 2.45) is 0 Å². The van der Waals surface area contributed by atoms with Gasteiger partial charge in [0.15, 0.2) is 11.6 Å². The van der Waals surface area contributed by atoms with Gasteiger partial charge in [0.1, 0.15) is 35.1 Å². The summed E-state index contributed by atoms with van der Waals surface area (Å²) in [5.74, 6) is -0.0522. The molecule has 190 valence electrons. The number of quaternary nitrogens is 1. The maximum Gasteiger partial charge on any atom is 0.272 e. The van der Waals surface area contributed by atoms with Crippen molar-refractivity contribution in [2.45, 2.75) is 12.0 Å². The Morgan fingerprint density at radius 1 is 1.24 bits per heavy atom. The third kappa shape index (κ3) is 4.63. The van der Waals surface area contributed by atoms with Gasteiger partial charge in [-0.05, 0) is 24.3 Å². The van der Waals surface area contributed by atoms with Crippen LogP contribution < -0.4 is 21.1 Å². The minimum atomic E-state index is -0.574. The molecule has 1 unspecified atom stereocenters. The molecule has 4 aromatic rings. The summed E-state index contributed by atoms with van der Waals surface area (Å²) >= 11 is 0. The molecular weight excluding hydrogens is 479 g/mol. The summed E-state index contributed by atoms with van der Waals surface area (Å²) in [7, 11) is 0. The summed E-state index contributed by atoms with van der Waals surface area (Å²) in [5.41, 5.74) is 6.82. The second-order valence-electron chi connectivity index (χ2n) is 9.21. The summed E-state index contributed by atoms with van der Waals surface area (Å²) in [6.45, 7) is 3.53. The van der Waals surface area contributed by atoms with Crippen LogP contribution in [0.2, 0.25) is 0 Å². The normalized spacial score (nSPS) is 19.4. The summed E-state index contributed by atoms with van der Waals surface area (Å²) < 4.78 is 26.7. The van der Waals surface area contributed by atoms with Crippen LogP contribution in [0.25, 0.3) is 11.0 Å². The molecule has 6 rings (SSSR count). The van der Waals surface area contributed by atoms with E-state index in [1.165, 1.54) is 18.2 Å². The van der Waals surface area contributed by atoms with Crippen molar-refractivity contribution >= 4 is 34.4 Å². The SMILES string of the molecule is Nc1nc(Nc2ccc(Oc3ccnc4[nH]ccc34)c(F)c2)cc(C(=O)N2CCC3(C[NH2+]CCO3)C2)n1. The first kappa shape index (κ1) is 23.1. The highest BCUT2D eigenvalue weighted by molar-refractivity contribution is 5.93. The van der Waals surface area contributed by atoms with E-state index in [-0.39, 0.29) is 34.7 Å². The molecule has 1 atom stereocenters. The quantitative estimate of drug-likeness (QED) is 0.321. The fourth-order valence-electron chi connectivity index (χ4n) is 4.84. The van der Waals surface area contributed by atoms with E-state index < -0.39 is 5.82 Å². The molecule has 12 heteroatoms. The predicted octanol–water partition coefficient (Wildman–Crippen LogP) is 1.79. The zero-order valence-electron chi connectivity index (χ0n) is 19.9. The van der Waals surface area contributed by atoms with Crippen molar-refractivity contribution in [3.05, 3.63) is 60.3 Å². The number of fused-ring (bicyclic) bond motifs is 1. The first-order valence-corrected chi connectivity index (χ1v) is 12.0. The van der Waals surface area contributed by atoms with Gasteiger partial charge in [0.25, 0.3) is 5.91 Å². The molecule has 2 aliphatic rings. The maximum absolute atomic E-state index is 14.9. The van der Waals surface area contributed by atoms with E-state index in [1.54, 1.807) is 29.4 Å². The lowest BCUT2D eigenvalue weighted by Crippen LogP contribution is -2.92. The number of aromatic amines is 1. The molecule has 3 aromatic heterocycles. The highest BCUT2D eigenvalue weighted by atomic mass is 19.1. The highest BCUT2D eigenvalue weighted by Gasteiger charge is 2.44. The Bertz CT molecular complexity index is 1470. The number of morpholine rings is 1. The average Bonchev–Trinajstić information content (AvgIpc) is 3.53. The van der Waals surface area contributed by atoms with Gasteiger partial charge in [0.05, 0.1) is 25.1 Å². The van der Waals surface area contributed by atoms with Crippen LogP contribution in [0.4, 0.5) is 21.8 Å². The Kier molecular flexibility index (Phi) is 5.81. The topological polar surface area (TPSA) is 148 Å². The molecule has 2 fully saturated rings. The fraction of sp³-hybridized carbons (Fsp3) is 0.280. The zero-order valence-corrected chi connectivity index (χ0v) is 19.9. The molecule has 1 spiro atoms. The van der Waals surface area contributed by atoms with E-state index in [9.17, 15) is 9.18 Å². The van der Waals surface area contributed by atoms with Gasteiger partial charge in [-0.3, -0.25) is 4.79 Å². The second kappa shape index (κ2) is 9.30. The Balaban J connectivity index is 1.17. The second-order valence-corrected chi connectivity index (χ2v) is 9.21. The van der Waals surface area contributed by atoms with E-state index in [1.807, 2.05) is 6.07 Å². The molecule has 2 aliphatic heterocycles. The van der Waals surface area contributed by atoms with Crippen LogP contribution in [-0.2, 0) is 4.74 Å². The largest absolute Gasteiger partial charge is 0.453 e. The number of halogens is 1. The van der Waals surface area contributed by atoms with Gasteiger partial charge in [-0.15, -0.1) is 0 Å². The van der Waals surface area contributed by atoms with Crippen LogP contribution >= 0.6 is 0 Å². The van der Waals surface area contributed by atoms with Crippen LogP contribution in [0, 0.1) is 5.82 Å². The standard InChI is InChI=1S/C25H25FN8O3/c26-17-11-15(1-2-20(17)37-19-4-7-30-22-16(19)3-6-29-22)31-21-12-18(32-24(27)33-21)23(35)34-9-5-25(14-34)13-28-8-10-36-25/h1-4,6-7,11-12,28H,5,8-10,13-14H2,(H,29,30)(H3,27,31,32,33)/p+1. The van der Waals surface area contributed by atoms with Crippen LogP contribution in [0.5, 0.6) is 11.5 Å². The number of ether oxygens (including phenoxy) is 2. The Labute approximate surface area is 211 Å². The number of nitrogens with one attached hydrogen (secondary N) is 2. The molecular formula is C25H26FN8O3+. The number of aromatic nitrogens is 4. The minimum absolute atomic E-state index is 0.0573. The zero-order chi connectivity index (χ0) is 25.4. The number of nitrogens with zero attached hydrogens (tertiary/aromatic N) is 4. The number of likely N-dealkylation sites (tertiary alicyclic amines) is 1. The van der Waals surface area contributed by atoms with Gasteiger partial charge < -0.3 is 35.7 Å². The first-order valence-electron chi connectivity index (χ1n) is 12.0. The number of carbonyl (C=O) groups excluding carboxylic acids is 1. The van der Waals surface area contributed by atoms with E-state index in [2.05, 4.69) is 30.6 Å². The molecule has 0 bridgehead atoms. The van der Waals surface area contributed by atoms with Gasteiger partial charge in [-0.25, -0.2) is 14.4 Å². The lowest BCUT2D eigenvalue weighted by molar-refractivity contribution is -0.685. The van der Waals surface area contributed by atoms with E-state index in [0.717, 1.165) is 24.9 Å². The monoisotopic (exact) mass is 505 g/mol. The van der Waals surface area contributed by atoms with Gasteiger partial charge in [0, 0.05) is 43.2 Å². The van der Waals surface area contributed by atoms with Crippen molar-refractivity contribution in [1.29, 1.82) is 0 Å². The van der Waals surface area contributed by atoms with Crippen molar-refractivity contribution in [2.75, 3.05) is 43.8 Å². The molecule has 0 radical (unpaired) electrons. The Morgan fingerprint density at radius 2 is 2.16 bits per heavy atom. The van der Waals surface area contributed by atoms with Crippen molar-refractivity contribution in [3.63, 3.8) is 0 Å². The molecule has 1 aromatic carbocycles. The number of hydrogen-bond donors (Lipinski definition) is 4. The molecule has 5 heterocycles. The lowest BCUT2D eigenvalue weighted by atomic mass is 10.0. The Hall–Kier alpha value is -4.29. The van der Waals surface area contributed by atoms with Gasteiger partial charge in [0.2, 0.25) is 5.95 Å². The molecule has 11 nitrogen and oxygen atoms in total. The number of carbonyl (C=O) groups is 1. The number of H-pyrrole nitrogens is 1. The molecule has 6 N–H and O–H groups in total. The number of anilines is 3. The fourth-order valence-corrected chi connectivity index (χ4v) is 4.84. The summed E-state index contributed by atoms with van der Waals surface area (Å²) in [5, 5.41) is 5.97. The number of pyridine rings is 1. The van der Waals surface area contributed by atoms with Gasteiger partial charge in [-0.1, -0.05) is 0 Å². The van der Waals surface area contributed by atoms with Crippen LogP contribution in [-0.4, -0.2) is 69.1 Å². The number of benzene rings is 1. The molecule has 37 heavy (non-hydrogen) atoms. The van der Waals surface area contributed by atoms with Crippen molar-refractivity contribution < 1.29 is 24.0 Å². The third-order valence-corrected chi connectivity index (χ3v) is 6.66. The summed E-state index contributed by atoms with van der Waals surface area (Å²) in [6, 6.07) is 9.44. The van der Waals surface area contributed by atoms with E-state index in [4.69, 9.17) is 15.2 Å². The number of nitrogen functional groups attached to an aromatic ring is 1. The van der Waals surface area contributed by atoms with Crippen molar-refractivity contribution in [3.8, 4) is 11.5 Å². The van der Waals surface area contributed by atoms with Crippen LogP contribution in [0.1, 0.15) is 16.9 Å². The van der Waals surface area contributed by atoms with E-state index >= 15 is 0 Å². The summed E-state index contributed by atoms with van der Waals surface area (Å²) in [6.07, 6.45) is 4.11. The smallest absolute Gasteiger partial charge is 0.272 e. The van der Waals surface area contributed by atoms with Gasteiger partial charge >= 0.3 is 0 Å². The first-order chi connectivity index (χ1) is 18.0. The number of rotatable bonds is 5. The highest BCUT2D eigenvalue weighted by Crippen LogP contribution is 2.32. The van der Waals surface area contributed by atoms with Crippen molar-refractivity contribution in [1.82, 2.24) is 24.8 Å². The Morgan fingerprint density at radius 3 is 3.00 bits per heavy atom. The molecule has 0 saturated carbocycles. The number of nitrogens with two attached hydrogens (primary N) is 2. The number of hydrogen-bond acceptors (Lipinski definition) is 8. The minimum Gasteiger partial charge on any atom is -0.453 e. The van der Waals surface area contributed by atoms with Crippen LogP contribution in [0.15, 0.2) is 48.8 Å². The molecule has 2 saturated heterocycles. The van der Waals surface area contributed by atoms with Gasteiger partial charge in [-0.2, -0.15) is 4.98 Å². The number of amides is 1. The third-order valence-electron chi connectivity index (χ3n) is 6.66. The lowest BCUT2D eigenvalue weighted by Gasteiger charge is -2.31.